The van der Waals surface area contributed by atoms with E-state index in [0.717, 1.165) is 12.1 Å². The lowest BCUT2D eigenvalue weighted by atomic mass is 10.1. The summed E-state index contributed by atoms with van der Waals surface area (Å²) in [6, 6.07) is 11.5. The van der Waals surface area contributed by atoms with Gasteiger partial charge in [-0.2, -0.15) is 23.3 Å². The van der Waals surface area contributed by atoms with Gasteiger partial charge >= 0.3 is 6.18 Å². The highest BCUT2D eigenvalue weighted by molar-refractivity contribution is 5.94. The number of anilines is 4. The Morgan fingerprint density at radius 1 is 1.00 bits per heavy atom. The Morgan fingerprint density at radius 2 is 1.74 bits per heavy atom. The minimum Gasteiger partial charge on any atom is -0.339 e. The van der Waals surface area contributed by atoms with Crippen molar-refractivity contribution in [3.8, 4) is 0 Å². The summed E-state index contributed by atoms with van der Waals surface area (Å²) < 4.78 is 38.4. The molecule has 2 N–H and O–H groups in total. The van der Waals surface area contributed by atoms with Crippen LogP contribution in [-0.4, -0.2) is 21.0 Å². The summed E-state index contributed by atoms with van der Waals surface area (Å²) in [5.74, 6) is 0.340. The molecule has 0 saturated carbocycles. The number of halogens is 3. The topological polar surface area (TPSA) is 79.8 Å². The first-order valence-corrected chi connectivity index (χ1v) is 7.83. The fourth-order valence-electron chi connectivity index (χ4n) is 2.26. The van der Waals surface area contributed by atoms with Crippen LogP contribution >= 0.6 is 0 Å². The van der Waals surface area contributed by atoms with Gasteiger partial charge in [-0.3, -0.25) is 4.79 Å². The van der Waals surface area contributed by atoms with E-state index in [-0.39, 0.29) is 17.4 Å². The van der Waals surface area contributed by atoms with Crippen molar-refractivity contribution in [3.05, 3.63) is 65.9 Å². The Balaban J connectivity index is 1.75. The van der Waals surface area contributed by atoms with Gasteiger partial charge in [0.1, 0.15) is 0 Å². The molecule has 0 aliphatic carbocycles. The highest BCUT2D eigenvalue weighted by Crippen LogP contribution is 2.31. The van der Waals surface area contributed by atoms with Crippen LogP contribution in [0.25, 0.3) is 0 Å². The molecular formula is C18H14F3N5O. The predicted molar refractivity (Wildman–Crippen MR) is 94.3 cm³/mol. The van der Waals surface area contributed by atoms with E-state index in [1.54, 1.807) is 24.3 Å². The summed E-state index contributed by atoms with van der Waals surface area (Å²) in [6.45, 7) is 1.47. The maximum absolute atomic E-state index is 12.8. The van der Waals surface area contributed by atoms with Gasteiger partial charge in [-0.1, -0.05) is 6.07 Å². The Bertz CT molecular complexity index is 958. The van der Waals surface area contributed by atoms with Crippen LogP contribution in [0.4, 0.5) is 36.3 Å². The number of aromatic nitrogens is 3. The van der Waals surface area contributed by atoms with Crippen LogP contribution in [0, 0.1) is 0 Å². The third kappa shape index (κ3) is 4.78. The van der Waals surface area contributed by atoms with Gasteiger partial charge in [0.2, 0.25) is 5.95 Å². The van der Waals surface area contributed by atoms with Crippen molar-refractivity contribution in [2.45, 2.75) is 13.1 Å². The zero-order valence-electron chi connectivity index (χ0n) is 14.1. The molecule has 0 fully saturated rings. The Morgan fingerprint density at radius 3 is 2.41 bits per heavy atom. The molecule has 3 aromatic rings. The molecule has 0 radical (unpaired) electrons. The van der Waals surface area contributed by atoms with Crippen molar-refractivity contribution < 1.29 is 18.0 Å². The molecule has 0 aliphatic heterocycles. The number of hydrogen-bond donors (Lipinski definition) is 2. The van der Waals surface area contributed by atoms with E-state index >= 15 is 0 Å². The standard InChI is InChI=1S/C18H14F3N5O/c1-11(27)12-5-7-14(8-6-12)23-16-10-22-26-17(25-16)24-15-4-2-3-13(9-15)18(19,20)21/h2-10H,1H3,(H2,23,24,25,26). The zero-order chi connectivity index (χ0) is 19.4. The molecule has 1 aromatic heterocycles. The Kier molecular flexibility index (Phi) is 5.02. The number of carbonyl (C=O) groups excluding carboxylic acids is 1. The van der Waals surface area contributed by atoms with Crippen molar-refractivity contribution in [3.63, 3.8) is 0 Å². The lowest BCUT2D eigenvalue weighted by Crippen LogP contribution is -2.06. The third-order valence-electron chi connectivity index (χ3n) is 3.57. The fraction of sp³-hybridized carbons (Fsp3) is 0.111. The first-order chi connectivity index (χ1) is 12.8. The SMILES string of the molecule is CC(=O)c1ccc(Nc2cnnc(Nc3cccc(C(F)(F)F)c3)n2)cc1. The second-order valence-corrected chi connectivity index (χ2v) is 5.63. The van der Waals surface area contributed by atoms with Crippen LogP contribution in [0.2, 0.25) is 0 Å². The van der Waals surface area contributed by atoms with Gasteiger partial charge in [0.05, 0.1) is 11.8 Å². The van der Waals surface area contributed by atoms with E-state index in [1.165, 1.54) is 25.3 Å². The molecule has 27 heavy (non-hydrogen) atoms. The molecule has 1 heterocycles. The average molecular weight is 373 g/mol. The lowest BCUT2D eigenvalue weighted by Gasteiger charge is -2.10. The van der Waals surface area contributed by atoms with Gasteiger partial charge in [-0.15, -0.1) is 5.10 Å². The summed E-state index contributed by atoms with van der Waals surface area (Å²) in [7, 11) is 0. The van der Waals surface area contributed by atoms with E-state index in [1.807, 2.05) is 0 Å². The van der Waals surface area contributed by atoms with Crippen LogP contribution in [0.3, 0.4) is 0 Å². The molecular weight excluding hydrogens is 359 g/mol. The second-order valence-electron chi connectivity index (χ2n) is 5.63. The first-order valence-electron chi connectivity index (χ1n) is 7.83. The number of carbonyl (C=O) groups is 1. The van der Waals surface area contributed by atoms with E-state index in [4.69, 9.17) is 0 Å². The van der Waals surface area contributed by atoms with E-state index < -0.39 is 11.7 Å². The van der Waals surface area contributed by atoms with Crippen molar-refractivity contribution in [2.75, 3.05) is 10.6 Å². The Hall–Kier alpha value is -3.49. The van der Waals surface area contributed by atoms with Crippen LogP contribution in [0.15, 0.2) is 54.7 Å². The predicted octanol–water partition coefficient (Wildman–Crippen LogP) is 4.58. The molecule has 0 aliphatic rings. The molecule has 3 rings (SSSR count). The highest BCUT2D eigenvalue weighted by Gasteiger charge is 2.30. The summed E-state index contributed by atoms with van der Waals surface area (Å²) in [5.41, 5.74) is 0.661. The van der Waals surface area contributed by atoms with Crippen molar-refractivity contribution >= 4 is 28.9 Å². The number of rotatable bonds is 5. The number of benzene rings is 2. The van der Waals surface area contributed by atoms with Crippen molar-refractivity contribution in [1.29, 1.82) is 0 Å². The molecule has 0 saturated heterocycles. The van der Waals surface area contributed by atoms with E-state index in [9.17, 15) is 18.0 Å². The summed E-state index contributed by atoms with van der Waals surface area (Å²) >= 11 is 0. The second kappa shape index (κ2) is 7.40. The van der Waals surface area contributed by atoms with Gasteiger partial charge in [-0.05, 0) is 49.4 Å². The third-order valence-corrected chi connectivity index (χ3v) is 3.57. The molecule has 0 amide bonds. The van der Waals surface area contributed by atoms with Crippen LogP contribution in [0.5, 0.6) is 0 Å². The Labute approximate surface area is 152 Å². The largest absolute Gasteiger partial charge is 0.416 e. The minimum atomic E-state index is -4.44. The van der Waals surface area contributed by atoms with Crippen LogP contribution in [0.1, 0.15) is 22.8 Å². The van der Waals surface area contributed by atoms with E-state index in [0.29, 0.717) is 17.1 Å². The van der Waals surface area contributed by atoms with Crippen LogP contribution < -0.4 is 10.6 Å². The monoisotopic (exact) mass is 373 g/mol. The van der Waals surface area contributed by atoms with Gasteiger partial charge in [0.15, 0.2) is 11.6 Å². The van der Waals surface area contributed by atoms with Gasteiger partial charge < -0.3 is 10.6 Å². The molecule has 138 valence electrons. The number of nitrogens with zero attached hydrogens (tertiary/aromatic N) is 3. The smallest absolute Gasteiger partial charge is 0.339 e. The van der Waals surface area contributed by atoms with Crippen molar-refractivity contribution in [2.24, 2.45) is 0 Å². The first kappa shape index (κ1) is 18.3. The van der Waals surface area contributed by atoms with Crippen LogP contribution in [-0.2, 0) is 6.18 Å². The number of alkyl halides is 3. The van der Waals surface area contributed by atoms with Crippen molar-refractivity contribution in [1.82, 2.24) is 15.2 Å². The molecule has 0 unspecified atom stereocenters. The zero-order valence-corrected chi connectivity index (χ0v) is 14.1. The molecule has 9 heteroatoms. The summed E-state index contributed by atoms with van der Waals surface area (Å²) in [4.78, 5) is 15.5. The maximum atomic E-state index is 12.8. The summed E-state index contributed by atoms with van der Waals surface area (Å²) in [6.07, 6.45) is -3.07. The van der Waals surface area contributed by atoms with Gasteiger partial charge in [0.25, 0.3) is 0 Å². The molecule has 2 aromatic carbocycles. The number of Topliss-reactive ketones (excluding diaryl/α,β-unsaturated/α-hetero) is 1. The number of hydrogen-bond acceptors (Lipinski definition) is 6. The average Bonchev–Trinajstić information content (AvgIpc) is 2.62. The fourth-order valence-corrected chi connectivity index (χ4v) is 2.26. The minimum absolute atomic E-state index is 0.0414. The normalized spacial score (nSPS) is 11.1. The molecule has 6 nitrogen and oxygen atoms in total. The molecule has 0 bridgehead atoms. The lowest BCUT2D eigenvalue weighted by molar-refractivity contribution is -0.137. The summed E-state index contributed by atoms with van der Waals surface area (Å²) in [5, 5.41) is 13.2. The van der Waals surface area contributed by atoms with Gasteiger partial charge in [0, 0.05) is 16.9 Å². The number of ketones is 1. The molecule has 0 atom stereocenters. The van der Waals surface area contributed by atoms with E-state index in [2.05, 4.69) is 25.8 Å². The van der Waals surface area contributed by atoms with Gasteiger partial charge in [-0.25, -0.2) is 0 Å². The number of nitrogens with one attached hydrogen (secondary N) is 2. The highest BCUT2D eigenvalue weighted by atomic mass is 19.4. The maximum Gasteiger partial charge on any atom is 0.416 e. The quantitative estimate of drug-likeness (QED) is 0.637. The molecule has 0 spiro atoms.